The van der Waals surface area contributed by atoms with Crippen molar-refractivity contribution < 1.29 is 4.52 Å². The Morgan fingerprint density at radius 2 is 2.10 bits per heavy atom. The first-order valence-corrected chi connectivity index (χ1v) is 7.56. The molecule has 2 unspecified atom stereocenters. The lowest BCUT2D eigenvalue weighted by Crippen LogP contribution is -2.42. The summed E-state index contributed by atoms with van der Waals surface area (Å²) in [5.74, 6) is 1.75. The van der Waals surface area contributed by atoms with Gasteiger partial charge in [-0.05, 0) is 44.7 Å². The van der Waals surface area contributed by atoms with E-state index in [0.717, 1.165) is 36.2 Å². The molecule has 0 radical (unpaired) electrons. The van der Waals surface area contributed by atoms with Crippen LogP contribution in [0.3, 0.4) is 0 Å². The first-order chi connectivity index (χ1) is 9.98. The number of nitrogens with zero attached hydrogens (tertiary/aromatic N) is 3. The highest BCUT2D eigenvalue weighted by molar-refractivity contribution is 5.56. The van der Waals surface area contributed by atoms with Crippen LogP contribution in [-0.2, 0) is 5.54 Å². The summed E-state index contributed by atoms with van der Waals surface area (Å²) in [4.78, 5) is 9.00. The van der Waals surface area contributed by atoms with Crippen molar-refractivity contribution in [3.63, 3.8) is 0 Å². The monoisotopic (exact) mass is 286 g/mol. The zero-order valence-electron chi connectivity index (χ0n) is 12.9. The van der Waals surface area contributed by atoms with Crippen LogP contribution >= 0.6 is 0 Å². The second-order valence-corrected chi connectivity index (χ2v) is 6.37. The van der Waals surface area contributed by atoms with Crippen LogP contribution < -0.4 is 5.73 Å². The van der Waals surface area contributed by atoms with E-state index in [1.807, 2.05) is 26.0 Å². The van der Waals surface area contributed by atoms with E-state index in [1.165, 1.54) is 6.42 Å². The molecule has 0 aromatic carbocycles. The fraction of sp³-hybridized carbons (Fsp3) is 0.562. The van der Waals surface area contributed by atoms with Crippen LogP contribution in [0.4, 0.5) is 0 Å². The van der Waals surface area contributed by atoms with E-state index in [9.17, 15) is 0 Å². The van der Waals surface area contributed by atoms with E-state index >= 15 is 0 Å². The van der Waals surface area contributed by atoms with Crippen LogP contribution in [0.25, 0.3) is 11.5 Å². The Bertz CT molecular complexity index is 651. The SMILES string of the molecule is Cc1ccc(-c2nc(C3(N)CCCC(C)C3)no2)c(C)n1. The predicted molar refractivity (Wildman–Crippen MR) is 80.5 cm³/mol. The summed E-state index contributed by atoms with van der Waals surface area (Å²) in [6, 6.07) is 3.93. The predicted octanol–water partition coefficient (Wildman–Crippen LogP) is 3.11. The second-order valence-electron chi connectivity index (χ2n) is 6.37. The summed E-state index contributed by atoms with van der Waals surface area (Å²) < 4.78 is 5.44. The molecule has 3 rings (SSSR count). The number of rotatable bonds is 2. The van der Waals surface area contributed by atoms with Crippen LogP contribution in [0.5, 0.6) is 0 Å². The minimum Gasteiger partial charge on any atom is -0.334 e. The molecule has 0 saturated heterocycles. The summed E-state index contributed by atoms with van der Waals surface area (Å²) in [6.45, 7) is 6.15. The smallest absolute Gasteiger partial charge is 0.259 e. The third-order valence-corrected chi connectivity index (χ3v) is 4.36. The first-order valence-electron chi connectivity index (χ1n) is 7.56. The minimum atomic E-state index is -0.453. The Morgan fingerprint density at radius 1 is 1.29 bits per heavy atom. The lowest BCUT2D eigenvalue weighted by Gasteiger charge is -2.33. The third-order valence-electron chi connectivity index (χ3n) is 4.36. The normalized spacial score (nSPS) is 26.0. The topological polar surface area (TPSA) is 77.8 Å². The Labute approximate surface area is 125 Å². The van der Waals surface area contributed by atoms with Crippen LogP contribution in [0.1, 0.15) is 49.8 Å². The Balaban J connectivity index is 1.92. The molecule has 2 N–H and O–H groups in total. The Kier molecular flexibility index (Phi) is 3.53. The van der Waals surface area contributed by atoms with Gasteiger partial charge in [0, 0.05) is 5.69 Å². The van der Waals surface area contributed by atoms with Crippen molar-refractivity contribution >= 4 is 0 Å². The van der Waals surface area contributed by atoms with E-state index in [2.05, 4.69) is 22.0 Å². The van der Waals surface area contributed by atoms with E-state index < -0.39 is 5.54 Å². The molecule has 0 aliphatic heterocycles. The maximum Gasteiger partial charge on any atom is 0.259 e. The highest BCUT2D eigenvalue weighted by atomic mass is 16.5. The highest BCUT2D eigenvalue weighted by Crippen LogP contribution is 2.37. The van der Waals surface area contributed by atoms with Gasteiger partial charge in [0.25, 0.3) is 5.89 Å². The van der Waals surface area contributed by atoms with E-state index in [-0.39, 0.29) is 0 Å². The van der Waals surface area contributed by atoms with Gasteiger partial charge in [0.05, 0.1) is 16.8 Å². The van der Waals surface area contributed by atoms with Gasteiger partial charge in [-0.3, -0.25) is 4.98 Å². The molecule has 5 heteroatoms. The quantitative estimate of drug-likeness (QED) is 0.917. The van der Waals surface area contributed by atoms with Crippen LogP contribution in [0.2, 0.25) is 0 Å². The molecule has 2 atom stereocenters. The third kappa shape index (κ3) is 2.70. The molecular formula is C16H22N4O. The fourth-order valence-electron chi connectivity index (χ4n) is 3.24. The van der Waals surface area contributed by atoms with Gasteiger partial charge in [-0.2, -0.15) is 4.98 Å². The van der Waals surface area contributed by atoms with Gasteiger partial charge in [-0.15, -0.1) is 0 Å². The molecule has 5 nitrogen and oxygen atoms in total. The molecular weight excluding hydrogens is 264 g/mol. The molecule has 0 amide bonds. The molecule has 1 fully saturated rings. The van der Waals surface area contributed by atoms with Gasteiger partial charge in [0.1, 0.15) is 0 Å². The molecule has 2 aromatic rings. The van der Waals surface area contributed by atoms with Gasteiger partial charge < -0.3 is 10.3 Å². The van der Waals surface area contributed by atoms with E-state index in [4.69, 9.17) is 10.3 Å². The lowest BCUT2D eigenvalue weighted by atomic mass is 9.76. The zero-order chi connectivity index (χ0) is 15.0. The number of aromatic nitrogens is 3. The van der Waals surface area contributed by atoms with Crippen LogP contribution in [0.15, 0.2) is 16.7 Å². The van der Waals surface area contributed by atoms with Gasteiger partial charge in [0.15, 0.2) is 5.82 Å². The minimum absolute atomic E-state index is 0.453. The van der Waals surface area contributed by atoms with Crippen molar-refractivity contribution in [3.05, 3.63) is 29.3 Å². The molecule has 2 heterocycles. The Hall–Kier alpha value is -1.75. The number of pyridine rings is 1. The maximum atomic E-state index is 6.52. The van der Waals surface area contributed by atoms with Gasteiger partial charge in [-0.25, -0.2) is 0 Å². The van der Waals surface area contributed by atoms with E-state index in [1.54, 1.807) is 0 Å². The lowest BCUT2D eigenvalue weighted by molar-refractivity contribution is 0.222. The molecule has 1 saturated carbocycles. The standard InChI is InChI=1S/C16H22N4O/c1-10-5-4-8-16(17,9-10)15-19-14(21-20-15)13-7-6-11(2)18-12(13)3/h6-7,10H,4-5,8-9,17H2,1-3H3. The van der Waals surface area contributed by atoms with Crippen molar-refractivity contribution in [2.75, 3.05) is 0 Å². The molecule has 1 aliphatic carbocycles. The van der Waals surface area contributed by atoms with Crippen molar-refractivity contribution in [3.8, 4) is 11.5 Å². The van der Waals surface area contributed by atoms with Crippen molar-refractivity contribution in [2.45, 2.75) is 52.0 Å². The number of hydrogen-bond donors (Lipinski definition) is 1. The first kappa shape index (κ1) is 14.2. The summed E-state index contributed by atoms with van der Waals surface area (Å²) in [5.41, 5.74) is 8.83. The average Bonchev–Trinajstić information content (AvgIpc) is 2.88. The number of aryl methyl sites for hydroxylation is 2. The van der Waals surface area contributed by atoms with Gasteiger partial charge in [0.2, 0.25) is 0 Å². The second kappa shape index (κ2) is 5.22. The number of nitrogens with two attached hydrogens (primary N) is 1. The summed E-state index contributed by atoms with van der Waals surface area (Å²) in [7, 11) is 0. The Morgan fingerprint density at radius 3 is 2.81 bits per heavy atom. The van der Waals surface area contributed by atoms with Crippen molar-refractivity contribution in [1.29, 1.82) is 0 Å². The largest absolute Gasteiger partial charge is 0.334 e. The summed E-state index contributed by atoms with van der Waals surface area (Å²) in [5, 5.41) is 4.15. The molecule has 0 spiro atoms. The van der Waals surface area contributed by atoms with Crippen molar-refractivity contribution in [1.82, 2.24) is 15.1 Å². The molecule has 1 aliphatic rings. The molecule has 112 valence electrons. The zero-order valence-corrected chi connectivity index (χ0v) is 12.9. The fourth-order valence-corrected chi connectivity index (χ4v) is 3.24. The van der Waals surface area contributed by atoms with Gasteiger partial charge in [-0.1, -0.05) is 24.9 Å². The van der Waals surface area contributed by atoms with E-state index in [0.29, 0.717) is 17.6 Å². The highest BCUT2D eigenvalue weighted by Gasteiger charge is 2.37. The average molecular weight is 286 g/mol. The summed E-state index contributed by atoms with van der Waals surface area (Å²) >= 11 is 0. The number of hydrogen-bond acceptors (Lipinski definition) is 5. The molecule has 21 heavy (non-hydrogen) atoms. The molecule has 2 aromatic heterocycles. The summed E-state index contributed by atoms with van der Waals surface area (Å²) in [6.07, 6.45) is 4.18. The van der Waals surface area contributed by atoms with Crippen LogP contribution in [-0.4, -0.2) is 15.1 Å². The molecule has 0 bridgehead atoms. The van der Waals surface area contributed by atoms with Crippen molar-refractivity contribution in [2.24, 2.45) is 11.7 Å². The van der Waals surface area contributed by atoms with Crippen LogP contribution in [0, 0.1) is 19.8 Å². The van der Waals surface area contributed by atoms with Gasteiger partial charge >= 0.3 is 0 Å². The maximum absolute atomic E-state index is 6.52.